The zero-order valence-electron chi connectivity index (χ0n) is 12.3. The first-order valence-corrected chi connectivity index (χ1v) is 7.05. The van der Waals surface area contributed by atoms with Crippen LogP contribution in [0.4, 0.5) is 5.95 Å². The lowest BCUT2D eigenvalue weighted by molar-refractivity contribution is 0.340. The predicted octanol–water partition coefficient (Wildman–Crippen LogP) is 3.67. The van der Waals surface area contributed by atoms with Gasteiger partial charge in [0.15, 0.2) is 0 Å². The van der Waals surface area contributed by atoms with Crippen LogP contribution in [0.1, 0.15) is 25.8 Å². The van der Waals surface area contributed by atoms with Crippen molar-refractivity contribution in [3.63, 3.8) is 0 Å². The molecular formula is C16H21N3O. The lowest BCUT2D eigenvalue weighted by Crippen LogP contribution is -2.05. The molecule has 0 bridgehead atoms. The minimum absolute atomic E-state index is 0.662. The van der Waals surface area contributed by atoms with E-state index in [1.54, 1.807) is 0 Å². The molecule has 20 heavy (non-hydrogen) atoms. The molecule has 0 atom stereocenters. The van der Waals surface area contributed by atoms with Gasteiger partial charge in [-0.25, -0.2) is 9.97 Å². The second kappa shape index (κ2) is 6.89. The molecule has 0 aliphatic carbocycles. The highest BCUT2D eigenvalue weighted by molar-refractivity contribution is 5.65. The molecular weight excluding hydrogens is 250 g/mol. The summed E-state index contributed by atoms with van der Waals surface area (Å²) in [4.78, 5) is 8.91. The Morgan fingerprint density at radius 1 is 1.25 bits per heavy atom. The maximum Gasteiger partial charge on any atom is 0.223 e. The number of nitrogens with zero attached hydrogens (tertiary/aromatic N) is 2. The molecule has 1 aromatic heterocycles. The van der Waals surface area contributed by atoms with E-state index < -0.39 is 0 Å². The Kier molecular flexibility index (Phi) is 4.93. The van der Waals surface area contributed by atoms with Crippen molar-refractivity contribution < 1.29 is 4.74 Å². The summed E-state index contributed by atoms with van der Waals surface area (Å²) in [6.07, 6.45) is 2.90. The Balaban J connectivity index is 2.32. The van der Waals surface area contributed by atoms with Gasteiger partial charge in [-0.2, -0.15) is 0 Å². The zero-order valence-corrected chi connectivity index (χ0v) is 12.3. The molecule has 0 unspecified atom stereocenters. The fourth-order valence-electron chi connectivity index (χ4n) is 1.96. The zero-order chi connectivity index (χ0) is 14.4. The number of rotatable bonds is 6. The lowest BCUT2D eigenvalue weighted by Gasteiger charge is -2.10. The summed E-state index contributed by atoms with van der Waals surface area (Å²) >= 11 is 0. The highest BCUT2D eigenvalue weighted by Crippen LogP contribution is 2.25. The molecule has 0 spiro atoms. The molecule has 0 aliphatic rings. The van der Waals surface area contributed by atoms with E-state index in [4.69, 9.17) is 4.74 Å². The quantitative estimate of drug-likeness (QED) is 0.870. The van der Waals surface area contributed by atoms with Gasteiger partial charge >= 0.3 is 0 Å². The van der Waals surface area contributed by atoms with Crippen LogP contribution in [-0.4, -0.2) is 23.1 Å². The molecule has 4 heteroatoms. The standard InChI is InChI=1S/C16H21N3O/c1-4-9-17-16-18-11-12(3)15(19-16)13-7-6-8-14(10-13)20-5-2/h6-8,10-11H,4-5,9H2,1-3H3,(H,17,18,19). The summed E-state index contributed by atoms with van der Waals surface area (Å²) in [6, 6.07) is 8.00. The molecule has 0 fully saturated rings. The average Bonchev–Trinajstić information content (AvgIpc) is 2.47. The number of ether oxygens (including phenoxy) is 1. The molecule has 0 saturated carbocycles. The van der Waals surface area contributed by atoms with Gasteiger partial charge in [0.25, 0.3) is 0 Å². The molecule has 0 saturated heterocycles. The van der Waals surface area contributed by atoms with E-state index in [0.717, 1.165) is 35.5 Å². The van der Waals surface area contributed by atoms with Crippen LogP contribution in [-0.2, 0) is 0 Å². The first-order chi connectivity index (χ1) is 9.74. The first kappa shape index (κ1) is 14.3. The van der Waals surface area contributed by atoms with Gasteiger partial charge in [0.05, 0.1) is 12.3 Å². The Hall–Kier alpha value is -2.10. The van der Waals surface area contributed by atoms with E-state index >= 15 is 0 Å². The predicted molar refractivity (Wildman–Crippen MR) is 82.2 cm³/mol. The van der Waals surface area contributed by atoms with Crippen LogP contribution in [0, 0.1) is 6.92 Å². The molecule has 2 rings (SSSR count). The van der Waals surface area contributed by atoms with Gasteiger partial charge in [-0.1, -0.05) is 19.1 Å². The third-order valence-electron chi connectivity index (χ3n) is 2.92. The Morgan fingerprint density at radius 3 is 2.85 bits per heavy atom. The normalized spacial score (nSPS) is 10.3. The van der Waals surface area contributed by atoms with Crippen LogP contribution in [0.5, 0.6) is 5.75 Å². The monoisotopic (exact) mass is 271 g/mol. The minimum Gasteiger partial charge on any atom is -0.494 e. The van der Waals surface area contributed by atoms with Crippen LogP contribution in [0.25, 0.3) is 11.3 Å². The van der Waals surface area contributed by atoms with Crippen molar-refractivity contribution in [1.82, 2.24) is 9.97 Å². The Morgan fingerprint density at radius 2 is 2.10 bits per heavy atom. The molecule has 1 N–H and O–H groups in total. The third kappa shape index (κ3) is 3.47. The van der Waals surface area contributed by atoms with Gasteiger partial charge in [0.2, 0.25) is 5.95 Å². The SMILES string of the molecule is CCCNc1ncc(C)c(-c2cccc(OCC)c2)n1. The fourth-order valence-corrected chi connectivity index (χ4v) is 1.96. The van der Waals surface area contributed by atoms with Crippen LogP contribution < -0.4 is 10.1 Å². The summed E-state index contributed by atoms with van der Waals surface area (Å²) in [5.74, 6) is 1.54. The highest BCUT2D eigenvalue weighted by atomic mass is 16.5. The van der Waals surface area contributed by atoms with Crippen molar-refractivity contribution in [2.24, 2.45) is 0 Å². The second-order valence-corrected chi connectivity index (χ2v) is 4.61. The van der Waals surface area contributed by atoms with Crippen LogP contribution >= 0.6 is 0 Å². The van der Waals surface area contributed by atoms with E-state index in [0.29, 0.717) is 12.6 Å². The number of hydrogen-bond acceptors (Lipinski definition) is 4. The fraction of sp³-hybridized carbons (Fsp3) is 0.375. The smallest absolute Gasteiger partial charge is 0.223 e. The van der Waals surface area contributed by atoms with Crippen molar-refractivity contribution in [3.8, 4) is 17.0 Å². The molecule has 0 amide bonds. The molecule has 1 heterocycles. The van der Waals surface area contributed by atoms with Crippen LogP contribution in [0.3, 0.4) is 0 Å². The van der Waals surface area contributed by atoms with Gasteiger partial charge < -0.3 is 10.1 Å². The van der Waals surface area contributed by atoms with E-state index in [2.05, 4.69) is 22.2 Å². The number of benzene rings is 1. The molecule has 1 aromatic carbocycles. The first-order valence-electron chi connectivity index (χ1n) is 7.05. The van der Waals surface area contributed by atoms with Crippen LogP contribution in [0.2, 0.25) is 0 Å². The number of aromatic nitrogens is 2. The van der Waals surface area contributed by atoms with E-state index in [9.17, 15) is 0 Å². The number of nitrogens with one attached hydrogen (secondary N) is 1. The average molecular weight is 271 g/mol. The second-order valence-electron chi connectivity index (χ2n) is 4.61. The third-order valence-corrected chi connectivity index (χ3v) is 2.92. The van der Waals surface area contributed by atoms with Crippen molar-refractivity contribution in [2.45, 2.75) is 27.2 Å². The van der Waals surface area contributed by atoms with Gasteiger partial charge in [-0.15, -0.1) is 0 Å². The lowest BCUT2D eigenvalue weighted by atomic mass is 10.1. The highest BCUT2D eigenvalue weighted by Gasteiger charge is 2.07. The van der Waals surface area contributed by atoms with Crippen LogP contribution in [0.15, 0.2) is 30.5 Å². The number of aryl methyl sites for hydroxylation is 1. The molecule has 4 nitrogen and oxygen atoms in total. The Labute approximate surface area is 120 Å². The van der Waals surface area contributed by atoms with Crippen molar-refractivity contribution >= 4 is 5.95 Å². The van der Waals surface area contributed by atoms with Gasteiger partial charge in [-0.05, 0) is 38.0 Å². The van der Waals surface area contributed by atoms with Gasteiger partial charge in [-0.3, -0.25) is 0 Å². The summed E-state index contributed by atoms with van der Waals surface area (Å²) < 4.78 is 5.54. The molecule has 0 aliphatic heterocycles. The molecule has 2 aromatic rings. The summed E-state index contributed by atoms with van der Waals surface area (Å²) in [5.41, 5.74) is 3.05. The van der Waals surface area contributed by atoms with Crippen molar-refractivity contribution in [1.29, 1.82) is 0 Å². The largest absolute Gasteiger partial charge is 0.494 e. The number of hydrogen-bond donors (Lipinski definition) is 1. The molecule has 106 valence electrons. The minimum atomic E-state index is 0.662. The maximum atomic E-state index is 5.54. The van der Waals surface area contributed by atoms with Gasteiger partial charge in [0.1, 0.15) is 5.75 Å². The maximum absolute atomic E-state index is 5.54. The van der Waals surface area contributed by atoms with E-state index in [1.807, 2.05) is 44.3 Å². The summed E-state index contributed by atoms with van der Waals surface area (Å²) in [5, 5.41) is 3.22. The van der Waals surface area contributed by atoms with Gasteiger partial charge in [0, 0.05) is 18.3 Å². The Bertz CT molecular complexity index is 569. The molecule has 0 radical (unpaired) electrons. The van der Waals surface area contributed by atoms with Crippen molar-refractivity contribution in [2.75, 3.05) is 18.5 Å². The van der Waals surface area contributed by atoms with E-state index in [-0.39, 0.29) is 0 Å². The van der Waals surface area contributed by atoms with Crippen molar-refractivity contribution in [3.05, 3.63) is 36.0 Å². The summed E-state index contributed by atoms with van der Waals surface area (Å²) in [7, 11) is 0. The van der Waals surface area contributed by atoms with E-state index in [1.165, 1.54) is 0 Å². The topological polar surface area (TPSA) is 47.0 Å². The summed E-state index contributed by atoms with van der Waals surface area (Å²) in [6.45, 7) is 7.66. The number of anilines is 1.